The third-order valence-corrected chi connectivity index (χ3v) is 7.59. The number of hydrogen-bond acceptors (Lipinski definition) is 3. The SMILES string of the molecule is CC.Cc1ccc(CC2COC(CP(=O)(O)CC3CCCCC3)CN2)cc1. The van der Waals surface area contributed by atoms with Crippen molar-refractivity contribution in [2.75, 3.05) is 25.5 Å². The Balaban J connectivity index is 0.00000126. The number of rotatable bonds is 6. The fourth-order valence-electron chi connectivity index (χ4n) is 4.09. The standard InChI is InChI=1S/C20H32NO3P.C2H6/c1-16-7-9-17(10-8-16)11-19-13-24-20(12-21-19)15-25(22,23)14-18-5-3-2-4-6-18;1-2/h7-10,18-21H,2-6,11-15H2,1H3,(H,22,23);1-2H3. The molecule has 0 amide bonds. The van der Waals surface area contributed by atoms with E-state index in [9.17, 15) is 9.46 Å². The van der Waals surface area contributed by atoms with E-state index in [1.807, 2.05) is 13.8 Å². The molecule has 2 N–H and O–H groups in total. The zero-order chi connectivity index (χ0) is 19.7. The van der Waals surface area contributed by atoms with Gasteiger partial charge < -0.3 is 14.9 Å². The molecule has 1 aromatic carbocycles. The number of aryl methyl sites for hydroxylation is 1. The van der Waals surface area contributed by atoms with Crippen molar-refractivity contribution in [3.05, 3.63) is 35.4 Å². The number of morpholine rings is 1. The number of nitrogens with one attached hydrogen (secondary N) is 1. The lowest BCUT2D eigenvalue weighted by Crippen LogP contribution is -2.48. The summed E-state index contributed by atoms with van der Waals surface area (Å²) in [7, 11) is -3.09. The summed E-state index contributed by atoms with van der Waals surface area (Å²) in [5.74, 6) is 0.440. The average Bonchev–Trinajstić information content (AvgIpc) is 2.67. The molecule has 1 aliphatic heterocycles. The van der Waals surface area contributed by atoms with Gasteiger partial charge >= 0.3 is 0 Å². The topological polar surface area (TPSA) is 58.6 Å². The molecule has 3 rings (SSSR count). The van der Waals surface area contributed by atoms with Crippen molar-refractivity contribution >= 4 is 7.37 Å². The summed E-state index contributed by atoms with van der Waals surface area (Å²) in [5.41, 5.74) is 2.57. The van der Waals surface area contributed by atoms with Crippen molar-refractivity contribution in [3.8, 4) is 0 Å². The van der Waals surface area contributed by atoms with Gasteiger partial charge in [-0.05, 0) is 37.7 Å². The van der Waals surface area contributed by atoms with Crippen molar-refractivity contribution in [2.45, 2.75) is 71.4 Å². The molecule has 1 aliphatic carbocycles. The molecule has 0 bridgehead atoms. The predicted octanol–water partition coefficient (Wildman–Crippen LogP) is 4.77. The Bertz CT molecular complexity index is 576. The van der Waals surface area contributed by atoms with Crippen molar-refractivity contribution in [3.63, 3.8) is 0 Å². The quantitative estimate of drug-likeness (QED) is 0.681. The van der Waals surface area contributed by atoms with Crippen LogP contribution in [0.1, 0.15) is 57.1 Å². The summed E-state index contributed by atoms with van der Waals surface area (Å²) in [5, 5.41) is 3.50. The van der Waals surface area contributed by atoms with Crippen molar-refractivity contribution in [2.24, 2.45) is 5.92 Å². The lowest BCUT2D eigenvalue weighted by molar-refractivity contribution is 0.0162. The Hall–Kier alpha value is -0.670. The van der Waals surface area contributed by atoms with E-state index in [2.05, 4.69) is 36.5 Å². The molecule has 2 aliphatic rings. The molecule has 3 unspecified atom stereocenters. The maximum Gasteiger partial charge on any atom is 0.203 e. The molecule has 154 valence electrons. The highest BCUT2D eigenvalue weighted by molar-refractivity contribution is 7.58. The number of hydrogen-bond donors (Lipinski definition) is 2. The molecule has 1 heterocycles. The minimum atomic E-state index is -3.09. The summed E-state index contributed by atoms with van der Waals surface area (Å²) >= 11 is 0. The monoisotopic (exact) mass is 395 g/mol. The van der Waals surface area contributed by atoms with Crippen molar-refractivity contribution in [1.29, 1.82) is 0 Å². The molecule has 0 radical (unpaired) electrons. The molecule has 4 nitrogen and oxygen atoms in total. The highest BCUT2D eigenvalue weighted by atomic mass is 31.2. The first-order chi connectivity index (χ1) is 13.0. The first-order valence-corrected chi connectivity index (χ1v) is 12.7. The van der Waals surface area contributed by atoms with Crippen molar-refractivity contribution < 1.29 is 14.2 Å². The van der Waals surface area contributed by atoms with Gasteiger partial charge in [0, 0.05) is 18.7 Å². The molecule has 27 heavy (non-hydrogen) atoms. The largest absolute Gasteiger partial charge is 0.375 e. The van der Waals surface area contributed by atoms with E-state index in [0.29, 0.717) is 31.4 Å². The fourth-order valence-corrected chi connectivity index (χ4v) is 6.28. The van der Waals surface area contributed by atoms with Gasteiger partial charge in [-0.25, -0.2) is 0 Å². The highest BCUT2D eigenvalue weighted by Gasteiger charge is 2.31. The summed E-state index contributed by atoms with van der Waals surface area (Å²) in [6.45, 7) is 7.38. The molecule has 0 aromatic heterocycles. The zero-order valence-electron chi connectivity index (χ0n) is 17.3. The van der Waals surface area contributed by atoms with Gasteiger partial charge in [0.2, 0.25) is 7.37 Å². The zero-order valence-corrected chi connectivity index (χ0v) is 18.2. The molecule has 1 saturated carbocycles. The summed E-state index contributed by atoms with van der Waals surface area (Å²) in [4.78, 5) is 10.4. The Kier molecular flexibility index (Phi) is 9.52. The van der Waals surface area contributed by atoms with Gasteiger partial charge in [0.1, 0.15) is 0 Å². The van der Waals surface area contributed by atoms with E-state index in [1.165, 1.54) is 30.4 Å². The van der Waals surface area contributed by atoms with Crippen LogP contribution in [0.3, 0.4) is 0 Å². The first kappa shape index (κ1) is 22.6. The smallest absolute Gasteiger partial charge is 0.203 e. The van der Waals surface area contributed by atoms with Gasteiger partial charge in [0.15, 0.2) is 0 Å². The van der Waals surface area contributed by atoms with Crippen LogP contribution in [-0.4, -0.2) is 42.5 Å². The van der Waals surface area contributed by atoms with E-state index in [1.54, 1.807) is 0 Å². The maximum atomic E-state index is 12.6. The van der Waals surface area contributed by atoms with Crippen molar-refractivity contribution in [1.82, 2.24) is 5.32 Å². The first-order valence-electron chi connectivity index (χ1n) is 10.7. The molecule has 2 fully saturated rings. The second-order valence-electron chi connectivity index (χ2n) is 7.97. The third kappa shape index (κ3) is 8.07. The average molecular weight is 396 g/mol. The number of ether oxygens (including phenoxy) is 1. The van der Waals surface area contributed by atoms with Gasteiger partial charge in [0.05, 0.1) is 18.9 Å². The molecule has 0 spiro atoms. The van der Waals surface area contributed by atoms with Gasteiger partial charge in [-0.15, -0.1) is 0 Å². The van der Waals surface area contributed by atoms with E-state index >= 15 is 0 Å². The summed E-state index contributed by atoms with van der Waals surface area (Å²) in [6, 6.07) is 8.88. The van der Waals surface area contributed by atoms with E-state index < -0.39 is 7.37 Å². The summed E-state index contributed by atoms with van der Waals surface area (Å²) < 4.78 is 18.5. The van der Waals surface area contributed by atoms with Gasteiger partial charge in [-0.2, -0.15) is 0 Å². The Labute approximate surface area is 165 Å². The lowest BCUT2D eigenvalue weighted by atomic mass is 9.91. The second-order valence-corrected chi connectivity index (χ2v) is 10.4. The minimum Gasteiger partial charge on any atom is -0.375 e. The van der Waals surface area contributed by atoms with Gasteiger partial charge in [-0.1, -0.05) is 62.9 Å². The Morgan fingerprint density at radius 1 is 1.11 bits per heavy atom. The normalized spacial score (nSPS) is 25.9. The van der Waals surface area contributed by atoms with Crippen LogP contribution in [-0.2, 0) is 15.7 Å². The molecule has 1 aromatic rings. The van der Waals surface area contributed by atoms with Gasteiger partial charge in [0.25, 0.3) is 0 Å². The van der Waals surface area contributed by atoms with Crippen LogP contribution >= 0.6 is 7.37 Å². The maximum absolute atomic E-state index is 12.6. The summed E-state index contributed by atoms with van der Waals surface area (Å²) in [6.07, 6.45) is 7.54. The van der Waals surface area contributed by atoms with E-state index in [4.69, 9.17) is 4.74 Å². The lowest BCUT2D eigenvalue weighted by Gasteiger charge is -2.32. The van der Waals surface area contributed by atoms with Crippen LogP contribution < -0.4 is 5.32 Å². The van der Waals surface area contributed by atoms with E-state index in [0.717, 1.165) is 19.3 Å². The molecule has 5 heteroatoms. The second kappa shape index (κ2) is 11.4. The van der Waals surface area contributed by atoms with Crippen LogP contribution in [0.4, 0.5) is 0 Å². The molecule has 1 saturated heterocycles. The number of benzene rings is 1. The predicted molar refractivity (Wildman–Crippen MR) is 114 cm³/mol. The Morgan fingerprint density at radius 3 is 2.37 bits per heavy atom. The fraction of sp³-hybridized carbons (Fsp3) is 0.727. The van der Waals surface area contributed by atoms with Crippen LogP contribution in [0.5, 0.6) is 0 Å². The minimum absolute atomic E-state index is 0.131. The van der Waals surface area contributed by atoms with Gasteiger partial charge in [-0.3, -0.25) is 4.57 Å². The van der Waals surface area contributed by atoms with Crippen LogP contribution in [0.2, 0.25) is 0 Å². The molecular formula is C22H38NO3P. The molecule has 3 atom stereocenters. The molecular weight excluding hydrogens is 357 g/mol. The van der Waals surface area contributed by atoms with Crippen LogP contribution in [0, 0.1) is 12.8 Å². The van der Waals surface area contributed by atoms with E-state index in [-0.39, 0.29) is 12.1 Å². The Morgan fingerprint density at radius 2 is 1.78 bits per heavy atom. The van der Waals surface area contributed by atoms with Crippen LogP contribution in [0.15, 0.2) is 24.3 Å². The van der Waals surface area contributed by atoms with Crippen LogP contribution in [0.25, 0.3) is 0 Å². The third-order valence-electron chi connectivity index (χ3n) is 5.53. The highest BCUT2D eigenvalue weighted by Crippen LogP contribution is 2.46.